The Morgan fingerprint density at radius 2 is 1.86 bits per heavy atom. The molecule has 1 saturated heterocycles. The minimum atomic E-state index is -0.855. The first-order valence-electron chi connectivity index (χ1n) is 7.86. The molecule has 0 aliphatic carbocycles. The topological polar surface area (TPSA) is 72.9 Å². The lowest BCUT2D eigenvalue weighted by Gasteiger charge is -2.39. The number of urea groups is 1. The molecule has 2 N–H and O–H groups in total. The van der Waals surface area contributed by atoms with Gasteiger partial charge in [0.2, 0.25) is 0 Å². The van der Waals surface area contributed by atoms with E-state index in [0.29, 0.717) is 32.0 Å². The molecule has 1 aliphatic heterocycles. The molecule has 1 rings (SSSR count). The Morgan fingerprint density at radius 3 is 2.33 bits per heavy atom. The molecule has 1 heterocycles. The van der Waals surface area contributed by atoms with Crippen LogP contribution in [0.2, 0.25) is 0 Å². The van der Waals surface area contributed by atoms with Crippen molar-refractivity contribution in [1.82, 2.24) is 15.1 Å². The zero-order valence-electron chi connectivity index (χ0n) is 13.7. The maximum Gasteiger partial charge on any atom is 0.317 e. The number of nitrogens with zero attached hydrogens (tertiary/aromatic N) is 2. The second kappa shape index (κ2) is 7.64. The van der Waals surface area contributed by atoms with Crippen molar-refractivity contribution in [2.24, 2.45) is 5.41 Å². The van der Waals surface area contributed by atoms with E-state index in [1.807, 2.05) is 13.8 Å². The highest BCUT2D eigenvalue weighted by Crippen LogP contribution is 2.25. The van der Waals surface area contributed by atoms with Gasteiger partial charge in [-0.1, -0.05) is 20.8 Å². The van der Waals surface area contributed by atoms with Crippen LogP contribution in [-0.2, 0) is 4.79 Å². The van der Waals surface area contributed by atoms with E-state index in [1.54, 1.807) is 4.90 Å². The number of carboxylic acids is 1. The van der Waals surface area contributed by atoms with E-state index in [1.165, 1.54) is 0 Å². The van der Waals surface area contributed by atoms with Gasteiger partial charge in [0.1, 0.15) is 0 Å². The van der Waals surface area contributed by atoms with Crippen LogP contribution >= 0.6 is 0 Å². The molecule has 6 nitrogen and oxygen atoms in total. The first-order chi connectivity index (χ1) is 9.90. The van der Waals surface area contributed by atoms with E-state index in [4.69, 9.17) is 0 Å². The van der Waals surface area contributed by atoms with E-state index in [9.17, 15) is 14.7 Å². The number of rotatable bonds is 6. The van der Waals surface area contributed by atoms with Crippen molar-refractivity contribution in [3.05, 3.63) is 0 Å². The molecule has 1 unspecified atom stereocenters. The van der Waals surface area contributed by atoms with Gasteiger partial charge in [0.25, 0.3) is 0 Å². The van der Waals surface area contributed by atoms with Gasteiger partial charge in [0, 0.05) is 32.2 Å². The van der Waals surface area contributed by atoms with Gasteiger partial charge in [-0.15, -0.1) is 0 Å². The molecule has 2 amide bonds. The number of carboxylic acid groups (broad SMARTS) is 1. The van der Waals surface area contributed by atoms with Gasteiger partial charge in [0.15, 0.2) is 0 Å². The summed E-state index contributed by atoms with van der Waals surface area (Å²) in [4.78, 5) is 27.8. The number of carbonyl (C=O) groups is 2. The molecule has 0 saturated carbocycles. The minimum absolute atomic E-state index is 0.144. The minimum Gasteiger partial charge on any atom is -0.481 e. The van der Waals surface area contributed by atoms with E-state index >= 15 is 0 Å². The molecule has 0 aromatic carbocycles. The largest absolute Gasteiger partial charge is 0.481 e. The van der Waals surface area contributed by atoms with Crippen molar-refractivity contribution < 1.29 is 14.7 Å². The number of piperazine rings is 1. The molecule has 0 spiro atoms. The lowest BCUT2D eigenvalue weighted by Crippen LogP contribution is -2.56. The van der Waals surface area contributed by atoms with Gasteiger partial charge < -0.3 is 15.3 Å². The Hall–Kier alpha value is -1.30. The maximum absolute atomic E-state index is 12.3. The van der Waals surface area contributed by atoms with Gasteiger partial charge in [-0.3, -0.25) is 9.69 Å². The summed E-state index contributed by atoms with van der Waals surface area (Å²) in [5.74, 6) is -0.836. The summed E-state index contributed by atoms with van der Waals surface area (Å²) < 4.78 is 0. The van der Waals surface area contributed by atoms with Crippen molar-refractivity contribution in [3.63, 3.8) is 0 Å². The number of likely N-dealkylation sites (N-methyl/N-ethyl adjacent to an activating group) is 1. The number of hydrogen-bond acceptors (Lipinski definition) is 3. The monoisotopic (exact) mass is 299 g/mol. The van der Waals surface area contributed by atoms with E-state index < -0.39 is 11.4 Å². The highest BCUT2D eigenvalue weighted by Gasteiger charge is 2.36. The molecule has 0 bridgehead atoms. The van der Waals surface area contributed by atoms with Crippen LogP contribution in [0.15, 0.2) is 0 Å². The van der Waals surface area contributed by atoms with E-state index in [0.717, 1.165) is 13.0 Å². The highest BCUT2D eigenvalue weighted by molar-refractivity contribution is 5.78. The van der Waals surface area contributed by atoms with Crippen LogP contribution in [0.25, 0.3) is 0 Å². The van der Waals surface area contributed by atoms with Crippen molar-refractivity contribution in [2.75, 3.05) is 33.2 Å². The van der Waals surface area contributed by atoms with Crippen LogP contribution in [0.1, 0.15) is 40.0 Å². The number of hydrogen-bond donors (Lipinski definition) is 2. The first kappa shape index (κ1) is 17.8. The van der Waals surface area contributed by atoms with Crippen LogP contribution in [0.4, 0.5) is 4.79 Å². The number of aliphatic carboxylic acids is 1. The van der Waals surface area contributed by atoms with Crippen LogP contribution in [0, 0.1) is 5.41 Å². The smallest absolute Gasteiger partial charge is 0.317 e. The zero-order chi connectivity index (χ0) is 16.0. The Balaban J connectivity index is 2.59. The third-order valence-electron chi connectivity index (χ3n) is 4.92. The highest BCUT2D eigenvalue weighted by atomic mass is 16.4. The lowest BCUT2D eigenvalue weighted by molar-refractivity contribution is -0.149. The standard InChI is InChI=1S/C15H29N3O3/c1-5-12-10-18(9-8-17(12)4)14(21)16-11-15(6-2,7-3)13(19)20/h12H,5-11H2,1-4H3,(H,16,21)(H,19,20). The fourth-order valence-corrected chi connectivity index (χ4v) is 2.81. The summed E-state index contributed by atoms with van der Waals surface area (Å²) >= 11 is 0. The van der Waals surface area contributed by atoms with E-state index in [-0.39, 0.29) is 12.6 Å². The average Bonchev–Trinajstić information content (AvgIpc) is 2.48. The molecule has 1 aliphatic rings. The van der Waals surface area contributed by atoms with Gasteiger partial charge in [-0.05, 0) is 26.3 Å². The van der Waals surface area contributed by atoms with Gasteiger partial charge >= 0.3 is 12.0 Å². The SMILES string of the molecule is CCC1CN(C(=O)NCC(CC)(CC)C(=O)O)CCN1C. The predicted molar refractivity (Wildman–Crippen MR) is 82.3 cm³/mol. The molecule has 1 fully saturated rings. The van der Waals surface area contributed by atoms with Crippen molar-refractivity contribution in [3.8, 4) is 0 Å². The van der Waals surface area contributed by atoms with Crippen molar-refractivity contribution >= 4 is 12.0 Å². The summed E-state index contributed by atoms with van der Waals surface area (Å²) in [5.41, 5.74) is -0.855. The Kier molecular flexibility index (Phi) is 6.45. The molecule has 0 radical (unpaired) electrons. The Labute approximate surface area is 127 Å². The average molecular weight is 299 g/mol. The molecule has 0 aromatic heterocycles. The summed E-state index contributed by atoms with van der Waals surface area (Å²) in [6.07, 6.45) is 2.03. The molecule has 6 heteroatoms. The van der Waals surface area contributed by atoms with Crippen LogP contribution < -0.4 is 5.32 Å². The Morgan fingerprint density at radius 1 is 1.24 bits per heavy atom. The van der Waals surface area contributed by atoms with Crippen molar-refractivity contribution in [1.29, 1.82) is 0 Å². The fraction of sp³-hybridized carbons (Fsp3) is 0.867. The van der Waals surface area contributed by atoms with Crippen molar-refractivity contribution in [2.45, 2.75) is 46.1 Å². The quantitative estimate of drug-likeness (QED) is 0.781. The van der Waals surface area contributed by atoms with Crippen LogP contribution in [0.3, 0.4) is 0 Å². The van der Waals surface area contributed by atoms with Gasteiger partial charge in [-0.2, -0.15) is 0 Å². The molecule has 122 valence electrons. The molecular weight excluding hydrogens is 270 g/mol. The van der Waals surface area contributed by atoms with Gasteiger partial charge in [-0.25, -0.2) is 4.79 Å². The molecular formula is C15H29N3O3. The Bertz CT molecular complexity index is 369. The second-order valence-corrected chi connectivity index (χ2v) is 5.94. The second-order valence-electron chi connectivity index (χ2n) is 5.94. The fourth-order valence-electron chi connectivity index (χ4n) is 2.81. The zero-order valence-corrected chi connectivity index (χ0v) is 13.7. The molecule has 21 heavy (non-hydrogen) atoms. The molecule has 0 aromatic rings. The van der Waals surface area contributed by atoms with Crippen LogP contribution in [-0.4, -0.2) is 66.2 Å². The summed E-state index contributed by atoms with van der Waals surface area (Å²) in [7, 11) is 2.08. The predicted octanol–water partition coefficient (Wildman–Crippen LogP) is 1.61. The van der Waals surface area contributed by atoms with Crippen LogP contribution in [0.5, 0.6) is 0 Å². The third kappa shape index (κ3) is 4.09. The normalized spacial score (nSPS) is 20.4. The lowest BCUT2D eigenvalue weighted by atomic mass is 9.82. The summed E-state index contributed by atoms with van der Waals surface area (Å²) in [5, 5.41) is 12.2. The summed E-state index contributed by atoms with van der Waals surface area (Å²) in [6, 6.07) is 0.236. The first-order valence-corrected chi connectivity index (χ1v) is 7.86. The maximum atomic E-state index is 12.3. The van der Waals surface area contributed by atoms with Gasteiger partial charge in [0.05, 0.1) is 5.41 Å². The third-order valence-corrected chi connectivity index (χ3v) is 4.92. The summed E-state index contributed by atoms with van der Waals surface area (Å²) in [6.45, 7) is 8.27. The van der Waals surface area contributed by atoms with E-state index in [2.05, 4.69) is 24.2 Å². The molecule has 1 atom stereocenters. The number of amides is 2. The number of nitrogens with one attached hydrogen (secondary N) is 1. The number of carbonyl (C=O) groups excluding carboxylic acids is 1.